The third kappa shape index (κ3) is 3.01. The molecule has 1 saturated heterocycles. The van der Waals surface area contributed by atoms with Crippen molar-refractivity contribution in [2.75, 3.05) is 31.1 Å². The van der Waals surface area contributed by atoms with Gasteiger partial charge in [0.25, 0.3) is 5.91 Å². The summed E-state index contributed by atoms with van der Waals surface area (Å²) in [6.07, 6.45) is 0.872. The highest BCUT2D eigenvalue weighted by molar-refractivity contribution is 6.33. The minimum atomic E-state index is -0.0141. The first-order valence-corrected chi connectivity index (χ1v) is 9.12. The van der Waals surface area contributed by atoms with Crippen molar-refractivity contribution in [3.63, 3.8) is 0 Å². The van der Waals surface area contributed by atoms with Crippen molar-refractivity contribution in [2.45, 2.75) is 13.3 Å². The molecule has 1 aromatic carbocycles. The van der Waals surface area contributed by atoms with Crippen LogP contribution in [0.4, 0.5) is 5.95 Å². The van der Waals surface area contributed by atoms with Crippen LogP contribution in [0.2, 0.25) is 5.02 Å². The lowest BCUT2D eigenvalue weighted by Gasteiger charge is -2.22. The van der Waals surface area contributed by atoms with Gasteiger partial charge in [0.2, 0.25) is 5.95 Å². The van der Waals surface area contributed by atoms with Crippen LogP contribution in [-0.2, 0) is 0 Å². The molecule has 3 heterocycles. The van der Waals surface area contributed by atoms with Crippen molar-refractivity contribution in [1.82, 2.24) is 19.5 Å². The van der Waals surface area contributed by atoms with Gasteiger partial charge in [-0.05, 0) is 37.6 Å². The van der Waals surface area contributed by atoms with Gasteiger partial charge in [-0.3, -0.25) is 9.20 Å². The summed E-state index contributed by atoms with van der Waals surface area (Å²) in [5, 5.41) is 9.15. The van der Waals surface area contributed by atoms with Crippen LogP contribution in [0.25, 0.3) is 5.65 Å². The number of carbonyl (C=O) groups excluding carboxylic acids is 1. The number of halogens is 1. The Bertz CT molecular complexity index is 954. The van der Waals surface area contributed by atoms with E-state index >= 15 is 0 Å². The fourth-order valence-electron chi connectivity index (χ4n) is 3.41. The zero-order chi connectivity index (χ0) is 18.1. The molecule has 26 heavy (non-hydrogen) atoms. The van der Waals surface area contributed by atoms with Crippen molar-refractivity contribution < 1.29 is 4.79 Å². The van der Waals surface area contributed by atoms with E-state index in [4.69, 9.17) is 11.6 Å². The molecule has 0 bridgehead atoms. The van der Waals surface area contributed by atoms with E-state index < -0.39 is 0 Å². The molecule has 0 saturated carbocycles. The monoisotopic (exact) mass is 369 g/mol. The SMILES string of the molecule is Cc1cccc2nnc(N3CCCN(C(=O)c4ccccc4Cl)CC3)n12. The number of amides is 1. The number of aryl methyl sites for hydroxylation is 1. The Morgan fingerprint density at radius 3 is 2.69 bits per heavy atom. The second kappa shape index (κ2) is 6.96. The Morgan fingerprint density at radius 1 is 1.00 bits per heavy atom. The number of hydrogen-bond acceptors (Lipinski definition) is 4. The van der Waals surface area contributed by atoms with Crippen LogP contribution in [-0.4, -0.2) is 51.6 Å². The van der Waals surface area contributed by atoms with Crippen LogP contribution in [0.1, 0.15) is 22.5 Å². The standard InChI is InChI=1S/C19H20ClN5O/c1-14-6-4-9-17-21-22-19(25(14)17)24-11-5-10-23(12-13-24)18(26)15-7-2-3-8-16(15)20/h2-4,6-9H,5,10-13H2,1H3. The average Bonchev–Trinajstić information content (AvgIpc) is 2.93. The van der Waals surface area contributed by atoms with Gasteiger partial charge >= 0.3 is 0 Å². The summed E-state index contributed by atoms with van der Waals surface area (Å²) in [6, 6.07) is 13.2. The smallest absolute Gasteiger partial charge is 0.255 e. The Morgan fingerprint density at radius 2 is 1.85 bits per heavy atom. The Labute approximate surface area is 157 Å². The lowest BCUT2D eigenvalue weighted by molar-refractivity contribution is 0.0767. The Hall–Kier alpha value is -2.60. The molecule has 2 aromatic heterocycles. The van der Waals surface area contributed by atoms with Gasteiger partial charge in [0.1, 0.15) is 0 Å². The maximum atomic E-state index is 12.8. The van der Waals surface area contributed by atoms with Crippen LogP contribution in [0, 0.1) is 6.92 Å². The largest absolute Gasteiger partial charge is 0.339 e. The van der Waals surface area contributed by atoms with Crippen LogP contribution < -0.4 is 4.90 Å². The van der Waals surface area contributed by atoms with E-state index in [-0.39, 0.29) is 5.91 Å². The number of hydrogen-bond donors (Lipinski definition) is 0. The van der Waals surface area contributed by atoms with Gasteiger partial charge < -0.3 is 9.80 Å². The van der Waals surface area contributed by atoms with E-state index in [1.807, 2.05) is 42.2 Å². The summed E-state index contributed by atoms with van der Waals surface area (Å²) >= 11 is 6.19. The van der Waals surface area contributed by atoms with Crippen molar-refractivity contribution >= 4 is 29.1 Å². The zero-order valence-corrected chi connectivity index (χ0v) is 15.4. The van der Waals surface area contributed by atoms with Gasteiger partial charge in [0.15, 0.2) is 5.65 Å². The molecular weight excluding hydrogens is 350 g/mol. The van der Waals surface area contributed by atoms with Gasteiger partial charge in [0, 0.05) is 31.9 Å². The highest BCUT2D eigenvalue weighted by Gasteiger charge is 2.24. The maximum absolute atomic E-state index is 12.8. The first kappa shape index (κ1) is 16.8. The van der Waals surface area contributed by atoms with Crippen LogP contribution in [0.3, 0.4) is 0 Å². The molecule has 0 N–H and O–H groups in total. The topological polar surface area (TPSA) is 53.7 Å². The predicted molar refractivity (Wildman–Crippen MR) is 102 cm³/mol. The fourth-order valence-corrected chi connectivity index (χ4v) is 3.63. The quantitative estimate of drug-likeness (QED) is 0.696. The van der Waals surface area contributed by atoms with Crippen LogP contribution >= 0.6 is 11.6 Å². The molecule has 1 fully saturated rings. The third-order valence-electron chi connectivity index (χ3n) is 4.78. The van der Waals surface area contributed by atoms with Crippen molar-refractivity contribution in [3.05, 3.63) is 58.7 Å². The second-order valence-corrected chi connectivity index (χ2v) is 6.88. The molecule has 0 unspecified atom stereocenters. The van der Waals surface area contributed by atoms with Crippen LogP contribution in [0.15, 0.2) is 42.5 Å². The maximum Gasteiger partial charge on any atom is 0.255 e. The summed E-state index contributed by atoms with van der Waals surface area (Å²) in [4.78, 5) is 16.9. The van der Waals surface area contributed by atoms with E-state index in [1.165, 1.54) is 0 Å². The summed E-state index contributed by atoms with van der Waals surface area (Å²) < 4.78 is 2.06. The molecule has 1 aliphatic heterocycles. The number of fused-ring (bicyclic) bond motifs is 1. The predicted octanol–water partition coefficient (Wildman–Crippen LogP) is 3.04. The van der Waals surface area contributed by atoms with Gasteiger partial charge in [-0.25, -0.2) is 0 Å². The molecule has 0 radical (unpaired) electrons. The zero-order valence-electron chi connectivity index (χ0n) is 14.6. The summed E-state index contributed by atoms with van der Waals surface area (Å²) in [6.45, 7) is 4.93. The van der Waals surface area contributed by atoms with E-state index in [9.17, 15) is 4.79 Å². The van der Waals surface area contributed by atoms with E-state index in [0.29, 0.717) is 30.2 Å². The molecule has 1 aliphatic rings. The molecule has 4 rings (SSSR count). The first-order valence-electron chi connectivity index (χ1n) is 8.74. The normalized spacial score (nSPS) is 15.3. The minimum absolute atomic E-state index is 0.0141. The van der Waals surface area contributed by atoms with Crippen molar-refractivity contribution in [2.24, 2.45) is 0 Å². The molecular formula is C19H20ClN5O. The highest BCUT2D eigenvalue weighted by Crippen LogP contribution is 2.21. The van der Waals surface area contributed by atoms with E-state index in [0.717, 1.165) is 30.3 Å². The molecule has 0 spiro atoms. The number of aromatic nitrogens is 3. The van der Waals surface area contributed by atoms with E-state index in [1.54, 1.807) is 12.1 Å². The molecule has 0 atom stereocenters. The van der Waals surface area contributed by atoms with Crippen molar-refractivity contribution in [1.29, 1.82) is 0 Å². The molecule has 7 heteroatoms. The van der Waals surface area contributed by atoms with Crippen LogP contribution in [0.5, 0.6) is 0 Å². The summed E-state index contributed by atoms with van der Waals surface area (Å²) in [5.74, 6) is 0.824. The van der Waals surface area contributed by atoms with Crippen molar-refractivity contribution in [3.8, 4) is 0 Å². The molecule has 134 valence electrons. The Kier molecular flexibility index (Phi) is 4.51. The lowest BCUT2D eigenvalue weighted by atomic mass is 10.2. The van der Waals surface area contributed by atoms with Gasteiger partial charge in [-0.1, -0.05) is 29.8 Å². The first-order chi connectivity index (χ1) is 12.6. The number of benzene rings is 1. The number of rotatable bonds is 2. The van der Waals surface area contributed by atoms with Gasteiger partial charge in [-0.2, -0.15) is 0 Å². The number of carbonyl (C=O) groups is 1. The second-order valence-electron chi connectivity index (χ2n) is 6.47. The fraction of sp³-hybridized carbons (Fsp3) is 0.316. The highest BCUT2D eigenvalue weighted by atomic mass is 35.5. The van der Waals surface area contributed by atoms with Gasteiger partial charge in [0.05, 0.1) is 10.6 Å². The number of anilines is 1. The van der Waals surface area contributed by atoms with Gasteiger partial charge in [-0.15, -0.1) is 10.2 Å². The molecule has 0 aliphatic carbocycles. The number of nitrogens with zero attached hydrogens (tertiary/aromatic N) is 5. The summed E-state index contributed by atoms with van der Waals surface area (Å²) in [7, 11) is 0. The molecule has 6 nitrogen and oxygen atoms in total. The minimum Gasteiger partial charge on any atom is -0.339 e. The molecule has 1 amide bonds. The molecule has 3 aromatic rings. The number of pyridine rings is 1. The van der Waals surface area contributed by atoms with E-state index in [2.05, 4.69) is 19.5 Å². The summed E-state index contributed by atoms with van der Waals surface area (Å²) in [5.41, 5.74) is 2.50. The Balaban J connectivity index is 1.55. The lowest BCUT2D eigenvalue weighted by Crippen LogP contribution is -2.35. The average molecular weight is 370 g/mol. The third-order valence-corrected chi connectivity index (χ3v) is 5.11.